The molecule has 0 aromatic heterocycles. The van der Waals surface area contributed by atoms with Crippen LogP contribution in [0.25, 0.3) is 0 Å². The third-order valence-corrected chi connectivity index (χ3v) is 3.32. The Morgan fingerprint density at radius 3 is 3.00 bits per heavy atom. The van der Waals surface area contributed by atoms with Crippen LogP contribution in [0.4, 0.5) is 4.39 Å². The van der Waals surface area contributed by atoms with Crippen LogP contribution in [0.2, 0.25) is 0 Å². The molecular formula is C14H21FN2O. The molecule has 1 fully saturated rings. The first-order chi connectivity index (χ1) is 8.70. The van der Waals surface area contributed by atoms with Crippen LogP contribution in [0, 0.1) is 5.82 Å². The quantitative estimate of drug-likeness (QED) is 0.887. The average Bonchev–Trinajstić information content (AvgIpc) is 2.36. The van der Waals surface area contributed by atoms with Crippen molar-refractivity contribution >= 4 is 0 Å². The van der Waals surface area contributed by atoms with Crippen LogP contribution in [0.15, 0.2) is 18.2 Å². The normalized spacial score (nSPS) is 20.9. The summed E-state index contributed by atoms with van der Waals surface area (Å²) in [6.45, 7) is 8.35. The fourth-order valence-electron chi connectivity index (χ4n) is 2.27. The summed E-state index contributed by atoms with van der Waals surface area (Å²) in [5.41, 5.74) is 1.00. The summed E-state index contributed by atoms with van der Waals surface area (Å²) in [6, 6.07) is 5.75. The van der Waals surface area contributed by atoms with E-state index < -0.39 is 0 Å². The molecule has 1 aromatic carbocycles. The van der Waals surface area contributed by atoms with Crippen molar-refractivity contribution in [2.24, 2.45) is 0 Å². The maximum absolute atomic E-state index is 13.7. The van der Waals surface area contributed by atoms with Crippen LogP contribution in [0.1, 0.15) is 19.4 Å². The van der Waals surface area contributed by atoms with E-state index in [1.165, 1.54) is 0 Å². The van der Waals surface area contributed by atoms with Crippen molar-refractivity contribution in [1.29, 1.82) is 0 Å². The van der Waals surface area contributed by atoms with Crippen LogP contribution < -0.4 is 10.1 Å². The summed E-state index contributed by atoms with van der Waals surface area (Å²) >= 11 is 0. The zero-order valence-corrected chi connectivity index (χ0v) is 11.1. The summed E-state index contributed by atoms with van der Waals surface area (Å²) in [5, 5.41) is 3.35. The fraction of sp³-hybridized carbons (Fsp3) is 0.571. The predicted octanol–water partition coefficient (Wildman–Crippen LogP) is 2.02. The third-order valence-electron chi connectivity index (χ3n) is 3.32. The van der Waals surface area contributed by atoms with Crippen molar-refractivity contribution in [3.05, 3.63) is 29.6 Å². The Hall–Kier alpha value is -1.13. The smallest absolute Gasteiger partial charge is 0.165 e. The molecule has 1 saturated heterocycles. The molecule has 1 aliphatic heterocycles. The van der Waals surface area contributed by atoms with Crippen LogP contribution in [-0.4, -0.2) is 37.2 Å². The summed E-state index contributed by atoms with van der Waals surface area (Å²) in [5.74, 6) is 0.0757. The predicted molar refractivity (Wildman–Crippen MR) is 70.3 cm³/mol. The van der Waals surface area contributed by atoms with Gasteiger partial charge < -0.3 is 10.1 Å². The minimum absolute atomic E-state index is 0.267. The van der Waals surface area contributed by atoms with Gasteiger partial charge in [0, 0.05) is 32.2 Å². The van der Waals surface area contributed by atoms with Gasteiger partial charge in [0.2, 0.25) is 0 Å². The number of nitrogens with zero attached hydrogens (tertiary/aromatic N) is 1. The molecule has 1 aliphatic rings. The molecular weight excluding hydrogens is 231 g/mol. The molecule has 0 radical (unpaired) electrons. The number of hydrogen-bond acceptors (Lipinski definition) is 3. The molecule has 18 heavy (non-hydrogen) atoms. The molecule has 0 spiro atoms. The van der Waals surface area contributed by atoms with Crippen LogP contribution in [-0.2, 0) is 6.54 Å². The van der Waals surface area contributed by atoms with E-state index in [0.29, 0.717) is 18.4 Å². The monoisotopic (exact) mass is 252 g/mol. The summed E-state index contributed by atoms with van der Waals surface area (Å²) in [7, 11) is 0. The van der Waals surface area contributed by atoms with Gasteiger partial charge in [-0.2, -0.15) is 0 Å². The molecule has 4 heteroatoms. The highest BCUT2D eigenvalue weighted by molar-refractivity contribution is 5.29. The zero-order chi connectivity index (χ0) is 13.0. The molecule has 2 rings (SSSR count). The van der Waals surface area contributed by atoms with Crippen LogP contribution in [0.5, 0.6) is 5.75 Å². The second-order valence-corrected chi connectivity index (χ2v) is 4.72. The lowest BCUT2D eigenvalue weighted by molar-refractivity contribution is 0.165. The number of ether oxygens (including phenoxy) is 1. The molecule has 1 N–H and O–H groups in total. The Bertz CT molecular complexity index is 397. The molecule has 0 amide bonds. The number of benzene rings is 1. The maximum atomic E-state index is 13.7. The average molecular weight is 252 g/mol. The SMILES string of the molecule is CCOc1ccc(CN2CCNCC2C)cc1F. The van der Waals surface area contributed by atoms with E-state index in [2.05, 4.69) is 17.1 Å². The van der Waals surface area contributed by atoms with Gasteiger partial charge in [0.05, 0.1) is 6.61 Å². The number of nitrogens with one attached hydrogen (secondary N) is 1. The molecule has 3 nitrogen and oxygen atoms in total. The highest BCUT2D eigenvalue weighted by atomic mass is 19.1. The molecule has 0 aliphatic carbocycles. The first-order valence-electron chi connectivity index (χ1n) is 6.56. The van der Waals surface area contributed by atoms with E-state index in [-0.39, 0.29) is 5.82 Å². The van der Waals surface area contributed by atoms with Gasteiger partial charge in [-0.25, -0.2) is 4.39 Å². The number of rotatable bonds is 4. The molecule has 1 aromatic rings. The van der Waals surface area contributed by atoms with Crippen molar-refractivity contribution in [2.75, 3.05) is 26.2 Å². The van der Waals surface area contributed by atoms with Gasteiger partial charge in [-0.15, -0.1) is 0 Å². The second kappa shape index (κ2) is 6.16. The summed E-state index contributed by atoms with van der Waals surface area (Å²) in [4.78, 5) is 2.37. The molecule has 0 bridgehead atoms. The number of piperazine rings is 1. The van der Waals surface area contributed by atoms with Crippen LogP contribution in [0.3, 0.4) is 0 Å². The standard InChI is InChI=1S/C14H21FN2O/c1-3-18-14-5-4-12(8-13(14)15)10-17-7-6-16-9-11(17)2/h4-5,8,11,16H,3,6-7,9-10H2,1-2H3. The van der Waals surface area contributed by atoms with Gasteiger partial charge in [-0.1, -0.05) is 6.07 Å². The van der Waals surface area contributed by atoms with Crippen molar-refractivity contribution in [1.82, 2.24) is 10.2 Å². The van der Waals surface area contributed by atoms with E-state index in [0.717, 1.165) is 31.7 Å². The second-order valence-electron chi connectivity index (χ2n) is 4.72. The van der Waals surface area contributed by atoms with Crippen molar-refractivity contribution < 1.29 is 9.13 Å². The lowest BCUT2D eigenvalue weighted by Crippen LogP contribution is -2.49. The van der Waals surface area contributed by atoms with E-state index in [1.807, 2.05) is 13.0 Å². The maximum Gasteiger partial charge on any atom is 0.165 e. The zero-order valence-electron chi connectivity index (χ0n) is 11.1. The van der Waals surface area contributed by atoms with E-state index >= 15 is 0 Å². The Balaban J connectivity index is 2.02. The van der Waals surface area contributed by atoms with Gasteiger partial charge >= 0.3 is 0 Å². The fourth-order valence-corrected chi connectivity index (χ4v) is 2.27. The van der Waals surface area contributed by atoms with Gasteiger partial charge in [-0.3, -0.25) is 4.90 Å². The van der Waals surface area contributed by atoms with Crippen molar-refractivity contribution in [3.8, 4) is 5.75 Å². The van der Waals surface area contributed by atoms with E-state index in [4.69, 9.17) is 4.74 Å². The Labute approximate surface area is 108 Å². The minimum atomic E-state index is -0.267. The Morgan fingerprint density at radius 1 is 1.50 bits per heavy atom. The van der Waals surface area contributed by atoms with Crippen molar-refractivity contribution in [3.63, 3.8) is 0 Å². The number of hydrogen-bond donors (Lipinski definition) is 1. The molecule has 100 valence electrons. The summed E-state index contributed by atoms with van der Waals surface area (Å²) < 4.78 is 18.9. The Kier molecular flexibility index (Phi) is 4.55. The highest BCUT2D eigenvalue weighted by Gasteiger charge is 2.18. The first kappa shape index (κ1) is 13.3. The van der Waals surface area contributed by atoms with Gasteiger partial charge in [0.25, 0.3) is 0 Å². The Morgan fingerprint density at radius 2 is 2.33 bits per heavy atom. The lowest BCUT2D eigenvalue weighted by Gasteiger charge is -2.33. The van der Waals surface area contributed by atoms with Gasteiger partial charge in [0.15, 0.2) is 11.6 Å². The largest absolute Gasteiger partial charge is 0.491 e. The molecule has 1 unspecified atom stereocenters. The topological polar surface area (TPSA) is 24.5 Å². The van der Waals surface area contributed by atoms with Crippen LogP contribution >= 0.6 is 0 Å². The minimum Gasteiger partial charge on any atom is -0.491 e. The third kappa shape index (κ3) is 3.21. The molecule has 1 heterocycles. The van der Waals surface area contributed by atoms with E-state index in [9.17, 15) is 4.39 Å². The lowest BCUT2D eigenvalue weighted by atomic mass is 10.1. The molecule has 0 saturated carbocycles. The van der Waals surface area contributed by atoms with Gasteiger partial charge in [0.1, 0.15) is 0 Å². The molecule has 1 atom stereocenters. The number of halogens is 1. The first-order valence-corrected chi connectivity index (χ1v) is 6.56. The van der Waals surface area contributed by atoms with Crippen molar-refractivity contribution in [2.45, 2.75) is 26.4 Å². The van der Waals surface area contributed by atoms with Gasteiger partial charge in [-0.05, 0) is 31.5 Å². The summed E-state index contributed by atoms with van der Waals surface area (Å²) in [6.07, 6.45) is 0. The van der Waals surface area contributed by atoms with E-state index in [1.54, 1.807) is 12.1 Å². The highest BCUT2D eigenvalue weighted by Crippen LogP contribution is 2.20.